The van der Waals surface area contributed by atoms with Crippen LogP contribution in [0.1, 0.15) is 19.8 Å². The molecule has 0 aliphatic carbocycles. The van der Waals surface area contributed by atoms with Gasteiger partial charge >= 0.3 is 0 Å². The number of imidazole rings is 1. The van der Waals surface area contributed by atoms with E-state index < -0.39 is 0 Å². The Balaban J connectivity index is 0.000000810. The third-order valence-corrected chi connectivity index (χ3v) is 1.33. The molecule has 1 aromatic heterocycles. The fourth-order valence-corrected chi connectivity index (χ4v) is 0.760. The van der Waals surface area contributed by atoms with Gasteiger partial charge in [0.2, 0.25) is 0 Å². The molecule has 1 aromatic rings. The monoisotopic (exact) mass is 252 g/mol. The molecule has 0 atom stereocenters. The first kappa shape index (κ1) is 9.94. The lowest BCUT2D eigenvalue weighted by molar-refractivity contribution is 0.631. The summed E-state index contributed by atoms with van der Waals surface area (Å²) in [5.41, 5.74) is 0. The van der Waals surface area contributed by atoms with Crippen LogP contribution >= 0.6 is 24.0 Å². The molecule has 2 nitrogen and oxygen atoms in total. The van der Waals surface area contributed by atoms with Crippen molar-refractivity contribution in [1.82, 2.24) is 9.55 Å². The van der Waals surface area contributed by atoms with E-state index in [2.05, 4.69) is 16.5 Å². The summed E-state index contributed by atoms with van der Waals surface area (Å²) in [6.45, 7) is 3.30. The highest BCUT2D eigenvalue weighted by Gasteiger charge is 1.85. The normalized spacial score (nSPS) is 8.90. The molecule has 0 bridgehead atoms. The van der Waals surface area contributed by atoms with Gasteiger partial charge in [0.15, 0.2) is 0 Å². The van der Waals surface area contributed by atoms with E-state index >= 15 is 0 Å². The topological polar surface area (TPSA) is 17.8 Å². The SMILES string of the molecule is CCCCn1ccnc1.I. The van der Waals surface area contributed by atoms with Crippen LogP contribution in [0.15, 0.2) is 18.7 Å². The first-order valence-electron chi connectivity index (χ1n) is 3.39. The Labute approximate surface area is 78.7 Å². The van der Waals surface area contributed by atoms with Crippen molar-refractivity contribution in [2.24, 2.45) is 0 Å². The first-order chi connectivity index (χ1) is 4.43. The van der Waals surface area contributed by atoms with Gasteiger partial charge in [0.1, 0.15) is 0 Å². The Morgan fingerprint density at radius 3 is 2.80 bits per heavy atom. The number of aromatic nitrogens is 2. The fourth-order valence-electron chi connectivity index (χ4n) is 0.760. The Kier molecular flexibility index (Phi) is 5.67. The quantitative estimate of drug-likeness (QED) is 0.755. The van der Waals surface area contributed by atoms with Crippen molar-refractivity contribution in [2.75, 3.05) is 0 Å². The van der Waals surface area contributed by atoms with Gasteiger partial charge in [-0.3, -0.25) is 0 Å². The Morgan fingerprint density at radius 2 is 2.30 bits per heavy atom. The number of halogens is 1. The highest BCUT2D eigenvalue weighted by atomic mass is 127. The fraction of sp³-hybridized carbons (Fsp3) is 0.571. The number of hydrogen-bond donors (Lipinski definition) is 0. The van der Waals surface area contributed by atoms with Crippen molar-refractivity contribution < 1.29 is 0 Å². The summed E-state index contributed by atoms with van der Waals surface area (Å²) in [5, 5.41) is 0. The number of hydrogen-bond acceptors (Lipinski definition) is 1. The number of aryl methyl sites for hydroxylation is 1. The van der Waals surface area contributed by atoms with Crippen molar-refractivity contribution in [1.29, 1.82) is 0 Å². The van der Waals surface area contributed by atoms with Gasteiger partial charge < -0.3 is 4.57 Å². The maximum atomic E-state index is 3.94. The highest BCUT2D eigenvalue weighted by molar-refractivity contribution is 14.0. The number of rotatable bonds is 3. The van der Waals surface area contributed by atoms with E-state index in [1.165, 1.54) is 12.8 Å². The van der Waals surface area contributed by atoms with Crippen LogP contribution in [0.5, 0.6) is 0 Å². The summed E-state index contributed by atoms with van der Waals surface area (Å²) in [6.07, 6.45) is 8.16. The van der Waals surface area contributed by atoms with Gasteiger partial charge in [0, 0.05) is 18.9 Å². The van der Waals surface area contributed by atoms with Crippen LogP contribution in [-0.2, 0) is 6.54 Å². The van der Waals surface area contributed by atoms with Gasteiger partial charge in [-0.25, -0.2) is 4.98 Å². The molecule has 0 aliphatic rings. The minimum atomic E-state index is 0. The molecular formula is C7H13IN2. The van der Waals surface area contributed by atoms with Crippen LogP contribution in [0.2, 0.25) is 0 Å². The second-order valence-corrected chi connectivity index (χ2v) is 2.15. The van der Waals surface area contributed by atoms with Crippen LogP contribution in [0.4, 0.5) is 0 Å². The zero-order valence-electron chi connectivity index (χ0n) is 6.16. The molecule has 3 heteroatoms. The standard InChI is InChI=1S/C7H12N2.HI/c1-2-3-5-9-6-4-8-7-9;/h4,6-7H,2-3,5H2,1H3;1H. The molecule has 0 spiro atoms. The Morgan fingerprint density at radius 1 is 1.50 bits per heavy atom. The lowest BCUT2D eigenvalue weighted by Gasteiger charge is -1.96. The maximum Gasteiger partial charge on any atom is 0.0945 e. The molecule has 0 aromatic carbocycles. The maximum absolute atomic E-state index is 3.94. The average Bonchev–Trinajstić information content (AvgIpc) is 2.34. The van der Waals surface area contributed by atoms with Crippen LogP contribution in [0.25, 0.3) is 0 Å². The second kappa shape index (κ2) is 5.70. The number of unbranched alkanes of at least 4 members (excludes halogenated alkanes) is 1. The first-order valence-corrected chi connectivity index (χ1v) is 3.39. The lowest BCUT2D eigenvalue weighted by atomic mass is 10.3. The molecule has 0 saturated carbocycles. The van der Waals surface area contributed by atoms with Gasteiger partial charge in [-0.2, -0.15) is 0 Å². The van der Waals surface area contributed by atoms with Crippen molar-refractivity contribution >= 4 is 24.0 Å². The molecule has 10 heavy (non-hydrogen) atoms. The highest BCUT2D eigenvalue weighted by Crippen LogP contribution is 1.92. The Bertz CT molecular complexity index is 149. The molecule has 1 heterocycles. The number of nitrogens with zero attached hydrogens (tertiary/aromatic N) is 2. The molecule has 0 aliphatic heterocycles. The van der Waals surface area contributed by atoms with E-state index in [-0.39, 0.29) is 24.0 Å². The molecule has 0 saturated heterocycles. The molecule has 0 amide bonds. The summed E-state index contributed by atoms with van der Waals surface area (Å²) >= 11 is 0. The molecule has 1 rings (SSSR count). The predicted octanol–water partition coefficient (Wildman–Crippen LogP) is 2.30. The summed E-state index contributed by atoms with van der Waals surface area (Å²) < 4.78 is 2.10. The molecule has 0 unspecified atom stereocenters. The van der Waals surface area contributed by atoms with E-state index in [1.54, 1.807) is 0 Å². The predicted molar refractivity (Wildman–Crippen MR) is 52.6 cm³/mol. The zero-order valence-corrected chi connectivity index (χ0v) is 8.49. The van der Waals surface area contributed by atoms with Crippen LogP contribution < -0.4 is 0 Å². The van der Waals surface area contributed by atoms with Crippen LogP contribution in [0.3, 0.4) is 0 Å². The zero-order chi connectivity index (χ0) is 6.53. The minimum Gasteiger partial charge on any atom is -0.337 e. The van der Waals surface area contributed by atoms with Gasteiger partial charge in [-0.05, 0) is 6.42 Å². The average molecular weight is 252 g/mol. The van der Waals surface area contributed by atoms with Gasteiger partial charge in [0.25, 0.3) is 0 Å². The summed E-state index contributed by atoms with van der Waals surface area (Å²) in [7, 11) is 0. The minimum absolute atomic E-state index is 0. The van der Waals surface area contributed by atoms with Crippen molar-refractivity contribution in [3.8, 4) is 0 Å². The molecule has 0 radical (unpaired) electrons. The third kappa shape index (κ3) is 3.20. The van der Waals surface area contributed by atoms with Crippen molar-refractivity contribution in [2.45, 2.75) is 26.3 Å². The van der Waals surface area contributed by atoms with Crippen LogP contribution in [-0.4, -0.2) is 9.55 Å². The largest absolute Gasteiger partial charge is 0.337 e. The molecule has 0 N–H and O–H groups in total. The van der Waals surface area contributed by atoms with E-state index in [4.69, 9.17) is 0 Å². The molecule has 0 fully saturated rings. The van der Waals surface area contributed by atoms with E-state index in [1.807, 2.05) is 18.7 Å². The van der Waals surface area contributed by atoms with Crippen LogP contribution in [0, 0.1) is 0 Å². The Hall–Kier alpha value is -0.0600. The van der Waals surface area contributed by atoms with E-state index in [0.717, 1.165) is 6.54 Å². The summed E-state index contributed by atoms with van der Waals surface area (Å²) in [5.74, 6) is 0. The van der Waals surface area contributed by atoms with E-state index in [9.17, 15) is 0 Å². The third-order valence-electron chi connectivity index (χ3n) is 1.33. The van der Waals surface area contributed by atoms with Gasteiger partial charge in [-0.1, -0.05) is 13.3 Å². The smallest absolute Gasteiger partial charge is 0.0945 e. The van der Waals surface area contributed by atoms with Gasteiger partial charge in [-0.15, -0.1) is 24.0 Å². The van der Waals surface area contributed by atoms with E-state index in [0.29, 0.717) is 0 Å². The summed E-state index contributed by atoms with van der Waals surface area (Å²) in [4.78, 5) is 3.94. The second-order valence-electron chi connectivity index (χ2n) is 2.15. The lowest BCUT2D eigenvalue weighted by Crippen LogP contribution is -1.92. The van der Waals surface area contributed by atoms with Crippen molar-refractivity contribution in [3.63, 3.8) is 0 Å². The summed E-state index contributed by atoms with van der Waals surface area (Å²) in [6, 6.07) is 0. The molecular weight excluding hydrogens is 239 g/mol. The molecule has 58 valence electrons. The van der Waals surface area contributed by atoms with Gasteiger partial charge in [0.05, 0.1) is 6.33 Å². The van der Waals surface area contributed by atoms with Crippen molar-refractivity contribution in [3.05, 3.63) is 18.7 Å².